The van der Waals surface area contributed by atoms with Crippen LogP contribution >= 0.6 is 0 Å². The number of ether oxygens (including phenoxy) is 1. The summed E-state index contributed by atoms with van der Waals surface area (Å²) in [7, 11) is 0. The van der Waals surface area contributed by atoms with Crippen molar-refractivity contribution in [2.75, 3.05) is 26.3 Å². The number of rotatable bonds is 5. The van der Waals surface area contributed by atoms with E-state index in [1.54, 1.807) is 0 Å². The molecule has 1 rings (SSSR count). The van der Waals surface area contributed by atoms with Gasteiger partial charge >= 0.3 is 0 Å². The molecule has 1 unspecified atom stereocenters. The largest absolute Gasteiger partial charge is 0.386 e. The Labute approximate surface area is 73.4 Å². The van der Waals surface area contributed by atoms with E-state index in [-0.39, 0.29) is 0 Å². The van der Waals surface area contributed by atoms with Crippen molar-refractivity contribution in [2.24, 2.45) is 0 Å². The average molecular weight is 171 g/mol. The summed E-state index contributed by atoms with van der Waals surface area (Å²) < 4.78 is 5.11. The molecule has 0 aromatic carbocycles. The Morgan fingerprint density at radius 3 is 3.08 bits per heavy atom. The molecular formula is C9H17NO2. The molecule has 0 aliphatic carbocycles. The van der Waals surface area contributed by atoms with Gasteiger partial charge in [-0.3, -0.25) is 0 Å². The Bertz CT molecular complexity index is 141. The van der Waals surface area contributed by atoms with Gasteiger partial charge in [0, 0.05) is 19.6 Å². The highest BCUT2D eigenvalue weighted by Gasteiger charge is 2.31. The second kappa shape index (κ2) is 4.60. The van der Waals surface area contributed by atoms with E-state index >= 15 is 0 Å². The Hall–Kier alpha value is -0.380. The zero-order chi connectivity index (χ0) is 8.86. The minimum Gasteiger partial charge on any atom is -0.386 e. The van der Waals surface area contributed by atoms with E-state index in [0.717, 1.165) is 19.4 Å². The highest BCUT2D eigenvalue weighted by molar-refractivity contribution is 4.85. The van der Waals surface area contributed by atoms with Crippen LogP contribution in [0, 0.1) is 0 Å². The molecule has 1 atom stereocenters. The van der Waals surface area contributed by atoms with Crippen molar-refractivity contribution in [1.82, 2.24) is 5.32 Å². The van der Waals surface area contributed by atoms with Gasteiger partial charge in [-0.25, -0.2) is 0 Å². The monoisotopic (exact) mass is 171 g/mol. The van der Waals surface area contributed by atoms with Crippen LogP contribution in [0.2, 0.25) is 0 Å². The molecule has 0 bridgehead atoms. The number of hydrogen-bond donors (Lipinski definition) is 2. The van der Waals surface area contributed by atoms with Crippen LogP contribution in [0.15, 0.2) is 12.7 Å². The zero-order valence-electron chi connectivity index (χ0n) is 7.38. The lowest BCUT2D eigenvalue weighted by molar-refractivity contribution is 0.0274. The zero-order valence-corrected chi connectivity index (χ0v) is 7.38. The van der Waals surface area contributed by atoms with Crippen molar-refractivity contribution in [1.29, 1.82) is 0 Å². The first-order valence-corrected chi connectivity index (χ1v) is 4.39. The van der Waals surface area contributed by atoms with Gasteiger partial charge in [0.15, 0.2) is 0 Å². The molecule has 0 aromatic heterocycles. The van der Waals surface area contributed by atoms with E-state index in [4.69, 9.17) is 4.74 Å². The van der Waals surface area contributed by atoms with Gasteiger partial charge in [0.25, 0.3) is 0 Å². The molecule has 0 amide bonds. The highest BCUT2D eigenvalue weighted by atomic mass is 16.5. The topological polar surface area (TPSA) is 41.5 Å². The van der Waals surface area contributed by atoms with Gasteiger partial charge in [0.2, 0.25) is 0 Å². The van der Waals surface area contributed by atoms with Crippen molar-refractivity contribution < 1.29 is 9.84 Å². The summed E-state index contributed by atoms with van der Waals surface area (Å²) >= 11 is 0. The molecule has 1 aliphatic rings. The molecule has 1 aliphatic heterocycles. The third kappa shape index (κ3) is 2.93. The van der Waals surface area contributed by atoms with Crippen LogP contribution in [0.25, 0.3) is 0 Å². The Kier molecular flexibility index (Phi) is 3.72. The summed E-state index contributed by atoms with van der Waals surface area (Å²) in [4.78, 5) is 0. The standard InChI is InChI=1S/C9H17NO2/c1-2-3-5-10-7-9(11)4-6-12-8-9/h2,10-11H,1,3-8H2. The molecule has 0 radical (unpaired) electrons. The third-order valence-corrected chi connectivity index (χ3v) is 2.06. The minimum absolute atomic E-state index is 0.466. The molecule has 0 aromatic rings. The van der Waals surface area contributed by atoms with E-state index in [9.17, 15) is 5.11 Å². The fourth-order valence-electron chi connectivity index (χ4n) is 1.26. The lowest BCUT2D eigenvalue weighted by atomic mass is 10.0. The van der Waals surface area contributed by atoms with Crippen molar-refractivity contribution >= 4 is 0 Å². The van der Waals surface area contributed by atoms with Gasteiger partial charge in [-0.15, -0.1) is 6.58 Å². The molecule has 70 valence electrons. The van der Waals surface area contributed by atoms with Crippen LogP contribution < -0.4 is 5.32 Å². The highest BCUT2D eigenvalue weighted by Crippen LogP contribution is 2.16. The normalized spacial score (nSPS) is 29.1. The molecular weight excluding hydrogens is 154 g/mol. The van der Waals surface area contributed by atoms with Crippen LogP contribution in [0.3, 0.4) is 0 Å². The third-order valence-electron chi connectivity index (χ3n) is 2.06. The van der Waals surface area contributed by atoms with Crippen molar-refractivity contribution in [3.63, 3.8) is 0 Å². The molecule has 0 spiro atoms. The average Bonchev–Trinajstić information content (AvgIpc) is 2.47. The van der Waals surface area contributed by atoms with Crippen LogP contribution in [0.1, 0.15) is 12.8 Å². The number of hydrogen-bond acceptors (Lipinski definition) is 3. The molecule has 3 nitrogen and oxygen atoms in total. The quantitative estimate of drug-likeness (QED) is 0.462. The lowest BCUT2D eigenvalue weighted by Crippen LogP contribution is -2.41. The van der Waals surface area contributed by atoms with E-state index in [0.29, 0.717) is 19.8 Å². The number of aliphatic hydroxyl groups is 1. The van der Waals surface area contributed by atoms with Gasteiger partial charge in [0.1, 0.15) is 5.60 Å². The predicted molar refractivity (Wildman–Crippen MR) is 48.1 cm³/mol. The summed E-state index contributed by atoms with van der Waals surface area (Å²) in [6.45, 7) is 6.27. The first kappa shape index (κ1) is 9.71. The Morgan fingerprint density at radius 2 is 2.50 bits per heavy atom. The van der Waals surface area contributed by atoms with Gasteiger partial charge in [0.05, 0.1) is 6.61 Å². The molecule has 3 heteroatoms. The maximum Gasteiger partial charge on any atom is 0.102 e. The fourth-order valence-corrected chi connectivity index (χ4v) is 1.26. The van der Waals surface area contributed by atoms with Crippen molar-refractivity contribution in [2.45, 2.75) is 18.4 Å². The smallest absolute Gasteiger partial charge is 0.102 e. The van der Waals surface area contributed by atoms with Crippen molar-refractivity contribution in [3.05, 3.63) is 12.7 Å². The van der Waals surface area contributed by atoms with Gasteiger partial charge in [-0.05, 0) is 13.0 Å². The summed E-state index contributed by atoms with van der Waals surface area (Å²) in [5.41, 5.74) is -0.624. The van der Waals surface area contributed by atoms with Gasteiger partial charge < -0.3 is 15.2 Å². The summed E-state index contributed by atoms with van der Waals surface area (Å²) in [6.07, 6.45) is 3.55. The Balaban J connectivity index is 2.08. The van der Waals surface area contributed by atoms with Crippen LogP contribution in [-0.2, 0) is 4.74 Å². The molecule has 2 N–H and O–H groups in total. The molecule has 0 saturated carbocycles. The first-order chi connectivity index (χ1) is 5.77. The number of nitrogens with one attached hydrogen (secondary N) is 1. The maximum absolute atomic E-state index is 9.78. The van der Waals surface area contributed by atoms with Crippen LogP contribution in [0.5, 0.6) is 0 Å². The van der Waals surface area contributed by atoms with Crippen molar-refractivity contribution in [3.8, 4) is 0 Å². The lowest BCUT2D eigenvalue weighted by Gasteiger charge is -2.20. The van der Waals surface area contributed by atoms with E-state index in [2.05, 4.69) is 11.9 Å². The predicted octanol–water partition coefficient (Wildman–Crippen LogP) is 0.303. The fraction of sp³-hybridized carbons (Fsp3) is 0.778. The second-order valence-electron chi connectivity index (χ2n) is 3.28. The van der Waals surface area contributed by atoms with Gasteiger partial charge in [-0.1, -0.05) is 6.08 Å². The van der Waals surface area contributed by atoms with E-state index in [1.807, 2.05) is 6.08 Å². The first-order valence-electron chi connectivity index (χ1n) is 4.39. The summed E-state index contributed by atoms with van der Waals surface area (Å²) in [5, 5.41) is 12.9. The molecule has 12 heavy (non-hydrogen) atoms. The molecule has 1 saturated heterocycles. The Morgan fingerprint density at radius 1 is 1.67 bits per heavy atom. The second-order valence-corrected chi connectivity index (χ2v) is 3.28. The van der Waals surface area contributed by atoms with E-state index < -0.39 is 5.60 Å². The summed E-state index contributed by atoms with van der Waals surface area (Å²) in [5.74, 6) is 0. The van der Waals surface area contributed by atoms with E-state index in [1.165, 1.54) is 0 Å². The summed E-state index contributed by atoms with van der Waals surface area (Å²) in [6, 6.07) is 0. The molecule has 1 heterocycles. The minimum atomic E-state index is -0.624. The van der Waals surface area contributed by atoms with Crippen LogP contribution in [-0.4, -0.2) is 37.0 Å². The maximum atomic E-state index is 9.78. The SMILES string of the molecule is C=CCCNCC1(O)CCOC1. The molecule has 1 fully saturated rings. The van der Waals surface area contributed by atoms with Crippen LogP contribution in [0.4, 0.5) is 0 Å². The van der Waals surface area contributed by atoms with Gasteiger partial charge in [-0.2, -0.15) is 0 Å².